The third kappa shape index (κ3) is 3.70. The van der Waals surface area contributed by atoms with E-state index in [-0.39, 0.29) is 16.3 Å². The van der Waals surface area contributed by atoms with Crippen molar-refractivity contribution in [2.45, 2.75) is 30.6 Å². The van der Waals surface area contributed by atoms with Crippen molar-refractivity contribution in [2.75, 3.05) is 18.9 Å². The van der Waals surface area contributed by atoms with Gasteiger partial charge in [0.05, 0.1) is 9.82 Å². The zero-order valence-electron chi connectivity index (χ0n) is 11.8. The van der Waals surface area contributed by atoms with E-state index in [0.29, 0.717) is 12.5 Å². The maximum absolute atomic E-state index is 12.2. The summed E-state index contributed by atoms with van der Waals surface area (Å²) in [5.74, 6) is 0.367. The molecule has 2 rings (SSSR count). The third-order valence-electron chi connectivity index (χ3n) is 3.78. The van der Waals surface area contributed by atoms with Gasteiger partial charge in [-0.15, -0.1) is 0 Å². The number of rotatable bonds is 6. The van der Waals surface area contributed by atoms with Crippen molar-refractivity contribution >= 4 is 21.4 Å². The molecule has 2 N–H and O–H groups in total. The molecule has 1 aromatic carbocycles. The van der Waals surface area contributed by atoms with Crippen LogP contribution in [0.1, 0.15) is 25.7 Å². The van der Waals surface area contributed by atoms with E-state index in [1.165, 1.54) is 12.1 Å². The van der Waals surface area contributed by atoms with Gasteiger partial charge in [0.25, 0.3) is 5.69 Å². The molecule has 1 saturated carbocycles. The van der Waals surface area contributed by atoms with Gasteiger partial charge >= 0.3 is 0 Å². The lowest BCUT2D eigenvalue weighted by Gasteiger charge is -2.11. The fourth-order valence-electron chi connectivity index (χ4n) is 2.57. The summed E-state index contributed by atoms with van der Waals surface area (Å²) in [5.41, 5.74) is 0.0379. The van der Waals surface area contributed by atoms with Crippen LogP contribution in [0.25, 0.3) is 0 Å². The monoisotopic (exact) mass is 313 g/mol. The molecule has 1 aliphatic rings. The Labute approximate surface area is 123 Å². The summed E-state index contributed by atoms with van der Waals surface area (Å²) < 4.78 is 27.0. The number of hydrogen-bond donors (Lipinski definition) is 2. The van der Waals surface area contributed by atoms with Crippen LogP contribution in [-0.4, -0.2) is 26.9 Å². The van der Waals surface area contributed by atoms with Crippen molar-refractivity contribution in [3.05, 3.63) is 28.3 Å². The molecule has 1 aliphatic carbocycles. The number of hydrogen-bond acceptors (Lipinski definition) is 5. The van der Waals surface area contributed by atoms with Crippen molar-refractivity contribution < 1.29 is 13.3 Å². The van der Waals surface area contributed by atoms with Crippen molar-refractivity contribution in [2.24, 2.45) is 5.92 Å². The summed E-state index contributed by atoms with van der Waals surface area (Å²) in [6.45, 7) is 0.393. The van der Waals surface area contributed by atoms with Crippen LogP contribution < -0.4 is 10.0 Å². The van der Waals surface area contributed by atoms with Gasteiger partial charge in [-0.3, -0.25) is 10.1 Å². The van der Waals surface area contributed by atoms with Crippen LogP contribution in [0.4, 0.5) is 11.4 Å². The van der Waals surface area contributed by atoms with E-state index in [4.69, 9.17) is 0 Å². The van der Waals surface area contributed by atoms with E-state index < -0.39 is 14.9 Å². The zero-order valence-corrected chi connectivity index (χ0v) is 12.6. The Balaban J connectivity index is 2.18. The first-order valence-electron chi connectivity index (χ1n) is 6.90. The van der Waals surface area contributed by atoms with Crippen LogP contribution in [0.5, 0.6) is 0 Å². The summed E-state index contributed by atoms with van der Waals surface area (Å²) in [6.07, 6.45) is 4.33. The largest absolute Gasteiger partial charge is 0.383 e. The van der Waals surface area contributed by atoms with Gasteiger partial charge in [0.15, 0.2) is 0 Å². The first-order valence-corrected chi connectivity index (χ1v) is 8.38. The number of nitro benzene ring substituents is 1. The molecule has 0 atom stereocenters. The molecule has 0 spiro atoms. The Morgan fingerprint density at radius 2 is 2.00 bits per heavy atom. The second kappa shape index (κ2) is 6.40. The Bertz CT molecular complexity index is 624. The second-order valence-electron chi connectivity index (χ2n) is 5.19. The molecule has 0 aromatic heterocycles. The van der Waals surface area contributed by atoms with Crippen LogP contribution in [-0.2, 0) is 10.0 Å². The van der Waals surface area contributed by atoms with Gasteiger partial charge in [-0.25, -0.2) is 13.1 Å². The minimum absolute atomic E-state index is 0.0776. The Kier molecular flexibility index (Phi) is 4.79. The lowest BCUT2D eigenvalue weighted by molar-refractivity contribution is -0.384. The average Bonchev–Trinajstić information content (AvgIpc) is 2.97. The molecule has 1 fully saturated rings. The normalized spacial score (nSPS) is 16.0. The maximum Gasteiger partial charge on any atom is 0.293 e. The highest BCUT2D eigenvalue weighted by molar-refractivity contribution is 7.89. The predicted octanol–water partition coefficient (Wildman–Crippen LogP) is 2.10. The van der Waals surface area contributed by atoms with Crippen molar-refractivity contribution in [3.8, 4) is 0 Å². The van der Waals surface area contributed by atoms with Gasteiger partial charge in [0.2, 0.25) is 10.0 Å². The molecule has 8 heteroatoms. The molecule has 0 saturated heterocycles. The molecule has 0 radical (unpaired) electrons. The van der Waals surface area contributed by atoms with Crippen molar-refractivity contribution in [3.63, 3.8) is 0 Å². The molecule has 21 heavy (non-hydrogen) atoms. The van der Waals surface area contributed by atoms with Crippen molar-refractivity contribution in [1.29, 1.82) is 0 Å². The quantitative estimate of drug-likeness (QED) is 0.618. The smallest absolute Gasteiger partial charge is 0.293 e. The topological polar surface area (TPSA) is 101 Å². The summed E-state index contributed by atoms with van der Waals surface area (Å²) in [4.78, 5) is 10.3. The zero-order chi connectivity index (χ0) is 15.5. The maximum atomic E-state index is 12.2. The number of benzene rings is 1. The summed E-state index contributed by atoms with van der Waals surface area (Å²) in [7, 11) is -2.16. The highest BCUT2D eigenvalue weighted by Crippen LogP contribution is 2.28. The Morgan fingerprint density at radius 3 is 2.57 bits per heavy atom. The van der Waals surface area contributed by atoms with Gasteiger partial charge in [-0.05, 0) is 30.9 Å². The van der Waals surface area contributed by atoms with E-state index in [0.717, 1.165) is 31.7 Å². The number of nitro groups is 1. The van der Waals surface area contributed by atoms with Crippen LogP contribution in [0.15, 0.2) is 23.1 Å². The van der Waals surface area contributed by atoms with Crippen LogP contribution in [0, 0.1) is 16.0 Å². The van der Waals surface area contributed by atoms with Crippen LogP contribution in [0.3, 0.4) is 0 Å². The SMILES string of the molecule is CNc1ccc(S(=O)(=O)NCC2CCCC2)cc1[N+](=O)[O-]. The van der Waals surface area contributed by atoms with E-state index in [2.05, 4.69) is 10.0 Å². The lowest BCUT2D eigenvalue weighted by Crippen LogP contribution is -2.28. The molecular formula is C13H19N3O4S. The fraction of sp³-hybridized carbons (Fsp3) is 0.538. The van der Waals surface area contributed by atoms with Gasteiger partial charge in [0, 0.05) is 19.7 Å². The summed E-state index contributed by atoms with van der Waals surface area (Å²) in [5, 5.41) is 13.7. The first-order chi connectivity index (χ1) is 9.94. The molecule has 116 valence electrons. The molecule has 0 amide bonds. The number of sulfonamides is 1. The number of nitrogens with one attached hydrogen (secondary N) is 2. The third-order valence-corrected chi connectivity index (χ3v) is 5.20. The Hall–Kier alpha value is -1.67. The number of nitrogens with zero attached hydrogens (tertiary/aromatic N) is 1. The summed E-state index contributed by atoms with van der Waals surface area (Å²) >= 11 is 0. The fourth-order valence-corrected chi connectivity index (χ4v) is 3.70. The average molecular weight is 313 g/mol. The molecule has 0 heterocycles. The molecule has 7 nitrogen and oxygen atoms in total. The molecular weight excluding hydrogens is 294 g/mol. The van der Waals surface area contributed by atoms with Crippen LogP contribution in [0.2, 0.25) is 0 Å². The standard InChI is InChI=1S/C13H19N3O4S/c1-14-12-7-6-11(8-13(12)16(17)18)21(19,20)15-9-10-4-2-3-5-10/h6-8,10,14-15H,2-5,9H2,1H3. The molecule has 0 unspecified atom stereocenters. The van der Waals surface area contributed by atoms with E-state index in [9.17, 15) is 18.5 Å². The van der Waals surface area contributed by atoms with Gasteiger partial charge in [-0.1, -0.05) is 12.8 Å². The molecule has 1 aromatic rings. The minimum atomic E-state index is -3.71. The van der Waals surface area contributed by atoms with Crippen molar-refractivity contribution in [1.82, 2.24) is 4.72 Å². The minimum Gasteiger partial charge on any atom is -0.383 e. The highest BCUT2D eigenvalue weighted by atomic mass is 32.2. The van der Waals surface area contributed by atoms with Gasteiger partial charge in [-0.2, -0.15) is 0 Å². The van der Waals surface area contributed by atoms with Crippen LogP contribution >= 0.6 is 0 Å². The summed E-state index contributed by atoms with van der Waals surface area (Å²) in [6, 6.07) is 3.86. The second-order valence-corrected chi connectivity index (χ2v) is 6.96. The van der Waals surface area contributed by atoms with E-state index >= 15 is 0 Å². The molecule has 0 aliphatic heterocycles. The molecule has 0 bridgehead atoms. The van der Waals surface area contributed by atoms with Gasteiger partial charge in [0.1, 0.15) is 5.69 Å². The van der Waals surface area contributed by atoms with Gasteiger partial charge < -0.3 is 5.32 Å². The Morgan fingerprint density at radius 1 is 1.33 bits per heavy atom. The predicted molar refractivity (Wildman–Crippen MR) is 79.8 cm³/mol. The number of anilines is 1. The highest BCUT2D eigenvalue weighted by Gasteiger charge is 2.23. The lowest BCUT2D eigenvalue weighted by atomic mass is 10.1. The van der Waals surface area contributed by atoms with E-state index in [1.54, 1.807) is 7.05 Å². The first kappa shape index (κ1) is 15.7. The van der Waals surface area contributed by atoms with E-state index in [1.807, 2.05) is 0 Å².